The molecule has 2 aliphatic heterocycles. The molecule has 8 heteroatoms. The summed E-state index contributed by atoms with van der Waals surface area (Å²) in [6, 6.07) is 0. The largest absolute Gasteiger partial charge is 0.390 e. The third kappa shape index (κ3) is 2.05. The van der Waals surface area contributed by atoms with E-state index in [9.17, 15) is 24.2 Å². The molecule has 0 bridgehead atoms. The average Bonchev–Trinajstić information content (AvgIpc) is 2.62. The van der Waals surface area contributed by atoms with E-state index in [2.05, 4.69) is 0 Å². The van der Waals surface area contributed by atoms with E-state index >= 15 is 0 Å². The summed E-state index contributed by atoms with van der Waals surface area (Å²) in [5.41, 5.74) is -2.09. The van der Waals surface area contributed by atoms with Crippen LogP contribution in [0.15, 0.2) is 12.3 Å². The Morgan fingerprint density at radius 3 is 2.70 bits per heavy atom. The first-order valence-corrected chi connectivity index (χ1v) is 6.18. The second-order valence-electron chi connectivity index (χ2n) is 4.92. The molecular weight excluding hydrogens is 273 g/mol. The molecule has 0 unspecified atom stereocenters. The fourth-order valence-electron chi connectivity index (χ4n) is 2.40. The summed E-state index contributed by atoms with van der Waals surface area (Å²) < 4.78 is 19.1. The van der Waals surface area contributed by atoms with E-state index in [1.165, 1.54) is 6.92 Å². The van der Waals surface area contributed by atoms with Crippen molar-refractivity contribution in [3.63, 3.8) is 0 Å². The molecule has 112 valence electrons. The van der Waals surface area contributed by atoms with Crippen molar-refractivity contribution in [3.05, 3.63) is 12.3 Å². The van der Waals surface area contributed by atoms with Crippen LogP contribution in [0.3, 0.4) is 0 Å². The van der Waals surface area contributed by atoms with Gasteiger partial charge in [0.05, 0.1) is 6.42 Å². The first kappa shape index (κ1) is 15.0. The molecule has 4 atom stereocenters. The Hall–Kier alpha value is -1.35. The first-order valence-electron chi connectivity index (χ1n) is 6.18. The summed E-state index contributed by atoms with van der Waals surface area (Å²) in [5, 5.41) is 29.3. The van der Waals surface area contributed by atoms with E-state index in [4.69, 9.17) is 9.84 Å². The predicted octanol–water partition coefficient (Wildman–Crippen LogP) is -1.18. The lowest BCUT2D eigenvalue weighted by molar-refractivity contribution is -0.213. The number of carbonyl (C=O) groups excluding carboxylic acids is 2. The van der Waals surface area contributed by atoms with Gasteiger partial charge in [-0.05, 0) is 12.5 Å². The summed E-state index contributed by atoms with van der Waals surface area (Å²) in [7, 11) is 0. The average molecular weight is 289 g/mol. The Morgan fingerprint density at radius 1 is 1.55 bits per heavy atom. The number of rotatable bonds is 3. The van der Waals surface area contributed by atoms with Gasteiger partial charge in [-0.15, -0.1) is 0 Å². The summed E-state index contributed by atoms with van der Waals surface area (Å²) in [5.74, 6) is -3.97. The second-order valence-corrected chi connectivity index (χ2v) is 4.92. The van der Waals surface area contributed by atoms with Gasteiger partial charge in [0, 0.05) is 6.20 Å². The van der Waals surface area contributed by atoms with E-state index in [0.717, 1.165) is 17.2 Å². The van der Waals surface area contributed by atoms with Gasteiger partial charge in [0.25, 0.3) is 5.85 Å². The Kier molecular flexibility index (Phi) is 3.67. The smallest absolute Gasteiger partial charge is 0.263 e. The molecule has 1 amide bonds. The van der Waals surface area contributed by atoms with Crippen molar-refractivity contribution in [2.24, 2.45) is 0 Å². The third-order valence-corrected chi connectivity index (χ3v) is 3.69. The van der Waals surface area contributed by atoms with Crippen molar-refractivity contribution < 1.29 is 34.0 Å². The van der Waals surface area contributed by atoms with Crippen LogP contribution in [0.4, 0.5) is 4.39 Å². The lowest BCUT2D eigenvalue weighted by Crippen LogP contribution is -2.56. The summed E-state index contributed by atoms with van der Waals surface area (Å²) in [4.78, 5) is 23.8. The summed E-state index contributed by atoms with van der Waals surface area (Å²) in [6.45, 7) is 0.309. The fraction of sp³-hybridized carbons (Fsp3) is 0.667. The van der Waals surface area contributed by atoms with E-state index in [-0.39, 0.29) is 6.42 Å². The van der Waals surface area contributed by atoms with E-state index < -0.39 is 48.5 Å². The minimum atomic E-state index is -2.87. The highest BCUT2D eigenvalue weighted by atomic mass is 19.2. The monoisotopic (exact) mass is 289 g/mol. The summed E-state index contributed by atoms with van der Waals surface area (Å²) >= 11 is 0. The highest BCUT2D eigenvalue weighted by Crippen LogP contribution is 2.43. The quantitative estimate of drug-likeness (QED) is 0.564. The molecule has 2 rings (SSSR count). The Labute approximate surface area is 114 Å². The van der Waals surface area contributed by atoms with Crippen LogP contribution < -0.4 is 0 Å². The minimum Gasteiger partial charge on any atom is -0.390 e. The van der Waals surface area contributed by atoms with Crippen LogP contribution in [0.5, 0.6) is 0 Å². The Balaban J connectivity index is 2.38. The maximum absolute atomic E-state index is 14.2. The van der Waals surface area contributed by atoms with Crippen molar-refractivity contribution >= 4 is 11.7 Å². The molecule has 0 spiro atoms. The zero-order chi connectivity index (χ0) is 15.1. The number of alkyl halides is 1. The number of halogens is 1. The third-order valence-electron chi connectivity index (χ3n) is 3.69. The molecule has 0 radical (unpaired) electrons. The Bertz CT molecular complexity index is 469. The van der Waals surface area contributed by atoms with Gasteiger partial charge in [-0.2, -0.15) is 0 Å². The standard InChI is InChI=1S/C12H16FNO6/c1-2-11(19)9(18)12(13,6-15)20-10(11)14-4-3-7(16)5-8(14)17/h3-4,9-10,15,18-19H,2,5-6H2,1H3/t9-,10+,11+,12+/m0/s1. The van der Waals surface area contributed by atoms with Crippen molar-refractivity contribution in [3.8, 4) is 0 Å². The number of hydrogen-bond donors (Lipinski definition) is 3. The summed E-state index contributed by atoms with van der Waals surface area (Å²) in [6.07, 6.45) is -1.90. The topological polar surface area (TPSA) is 107 Å². The number of amides is 1. The zero-order valence-electron chi connectivity index (χ0n) is 10.8. The van der Waals surface area contributed by atoms with Gasteiger partial charge in [0.2, 0.25) is 5.91 Å². The van der Waals surface area contributed by atoms with Crippen LogP contribution in [0.25, 0.3) is 0 Å². The van der Waals surface area contributed by atoms with Gasteiger partial charge in [-0.25, -0.2) is 4.39 Å². The number of allylic oxidation sites excluding steroid dienone is 1. The van der Waals surface area contributed by atoms with Crippen LogP contribution >= 0.6 is 0 Å². The highest BCUT2D eigenvalue weighted by molar-refractivity contribution is 6.06. The maximum atomic E-state index is 14.2. The molecule has 20 heavy (non-hydrogen) atoms. The van der Waals surface area contributed by atoms with E-state index in [0.29, 0.717) is 0 Å². The fourth-order valence-corrected chi connectivity index (χ4v) is 2.40. The van der Waals surface area contributed by atoms with Gasteiger partial charge >= 0.3 is 0 Å². The lowest BCUT2D eigenvalue weighted by atomic mass is 9.89. The minimum absolute atomic E-state index is 0.115. The molecular formula is C12H16FNO6. The molecule has 0 aromatic heterocycles. The van der Waals surface area contributed by atoms with Gasteiger partial charge in [0.15, 0.2) is 12.0 Å². The van der Waals surface area contributed by atoms with Crippen LogP contribution in [0.2, 0.25) is 0 Å². The molecule has 2 heterocycles. The molecule has 7 nitrogen and oxygen atoms in total. The molecule has 0 aromatic carbocycles. The van der Waals surface area contributed by atoms with Crippen molar-refractivity contribution in [1.82, 2.24) is 4.90 Å². The number of aliphatic hydroxyl groups is 3. The molecule has 3 N–H and O–H groups in total. The van der Waals surface area contributed by atoms with Gasteiger partial charge in [0.1, 0.15) is 18.3 Å². The first-order chi connectivity index (χ1) is 9.28. The zero-order valence-corrected chi connectivity index (χ0v) is 10.8. The van der Waals surface area contributed by atoms with Crippen LogP contribution in [0.1, 0.15) is 19.8 Å². The van der Waals surface area contributed by atoms with Gasteiger partial charge in [-0.3, -0.25) is 14.5 Å². The van der Waals surface area contributed by atoms with Crippen molar-refractivity contribution in [1.29, 1.82) is 0 Å². The molecule has 1 saturated heterocycles. The molecule has 1 fully saturated rings. The highest BCUT2D eigenvalue weighted by Gasteiger charge is 2.65. The van der Waals surface area contributed by atoms with E-state index in [1.54, 1.807) is 0 Å². The number of ketones is 1. The van der Waals surface area contributed by atoms with E-state index in [1.807, 2.05) is 0 Å². The number of nitrogens with zero attached hydrogens (tertiary/aromatic N) is 1. The molecule has 0 aliphatic carbocycles. The number of ether oxygens (including phenoxy) is 1. The van der Waals surface area contributed by atoms with Crippen molar-refractivity contribution in [2.45, 2.75) is 43.6 Å². The van der Waals surface area contributed by atoms with Crippen LogP contribution in [-0.4, -0.2) is 62.3 Å². The van der Waals surface area contributed by atoms with Crippen LogP contribution in [0, 0.1) is 0 Å². The predicted molar refractivity (Wildman–Crippen MR) is 62.7 cm³/mol. The van der Waals surface area contributed by atoms with Crippen LogP contribution in [-0.2, 0) is 14.3 Å². The second kappa shape index (κ2) is 4.88. The number of carbonyl (C=O) groups is 2. The molecule has 0 saturated carbocycles. The maximum Gasteiger partial charge on any atom is 0.263 e. The molecule has 2 aliphatic rings. The molecule has 0 aromatic rings. The van der Waals surface area contributed by atoms with Gasteiger partial charge < -0.3 is 20.1 Å². The SMILES string of the molecule is CC[C@]1(O)[C@H](N2C=CC(=O)CC2=O)O[C@](F)(CO)[C@H]1O. The number of hydrogen-bond acceptors (Lipinski definition) is 6. The van der Waals surface area contributed by atoms with Crippen molar-refractivity contribution in [2.75, 3.05) is 6.61 Å². The van der Waals surface area contributed by atoms with Gasteiger partial charge in [-0.1, -0.05) is 6.92 Å². The number of aliphatic hydroxyl groups excluding tert-OH is 2. The normalized spacial score (nSPS) is 41.5. The Morgan fingerprint density at radius 2 is 2.20 bits per heavy atom. The lowest BCUT2D eigenvalue weighted by Gasteiger charge is -2.36.